The van der Waals surface area contributed by atoms with Gasteiger partial charge in [0.25, 0.3) is 0 Å². The van der Waals surface area contributed by atoms with Crippen molar-refractivity contribution in [2.45, 2.75) is 13.8 Å². The van der Waals surface area contributed by atoms with Crippen molar-refractivity contribution in [3.8, 4) is 11.5 Å². The third-order valence-corrected chi connectivity index (χ3v) is 2.72. The molecule has 106 valence electrons. The zero-order valence-corrected chi connectivity index (χ0v) is 12.2. The number of rotatable bonds is 5. The molecule has 0 saturated heterocycles. The molecule has 0 saturated carbocycles. The standard InChI is InChI=1S/C14H22N2O3/c1-10(2)9-15-14(17)16(3)11-6-7-12(18-4)13(8-11)19-5/h6-8,10H,9H2,1-5H3,(H,15,17). The normalized spacial score (nSPS) is 10.2. The van der Waals surface area contributed by atoms with E-state index in [4.69, 9.17) is 9.47 Å². The molecule has 2 amide bonds. The van der Waals surface area contributed by atoms with Crippen LogP contribution >= 0.6 is 0 Å². The lowest BCUT2D eigenvalue weighted by atomic mass is 10.2. The van der Waals surface area contributed by atoms with E-state index in [0.717, 1.165) is 5.69 Å². The van der Waals surface area contributed by atoms with Gasteiger partial charge in [0.15, 0.2) is 11.5 Å². The first-order valence-electron chi connectivity index (χ1n) is 6.23. The highest BCUT2D eigenvalue weighted by molar-refractivity contribution is 5.91. The number of hydrogen-bond acceptors (Lipinski definition) is 3. The summed E-state index contributed by atoms with van der Waals surface area (Å²) in [6, 6.07) is 5.23. The van der Waals surface area contributed by atoms with Gasteiger partial charge in [-0.15, -0.1) is 0 Å². The van der Waals surface area contributed by atoms with Crippen LogP contribution in [0, 0.1) is 5.92 Å². The number of hydrogen-bond donors (Lipinski definition) is 1. The van der Waals surface area contributed by atoms with E-state index in [1.807, 2.05) is 6.07 Å². The minimum absolute atomic E-state index is 0.138. The van der Waals surface area contributed by atoms with Crippen molar-refractivity contribution in [2.24, 2.45) is 5.92 Å². The Kier molecular flexibility index (Phi) is 5.48. The van der Waals surface area contributed by atoms with Gasteiger partial charge in [0, 0.05) is 25.3 Å². The van der Waals surface area contributed by atoms with Crippen molar-refractivity contribution < 1.29 is 14.3 Å². The Morgan fingerprint density at radius 2 is 1.89 bits per heavy atom. The molecular formula is C14H22N2O3. The summed E-state index contributed by atoms with van der Waals surface area (Å²) in [6.07, 6.45) is 0. The first-order valence-corrected chi connectivity index (χ1v) is 6.23. The van der Waals surface area contributed by atoms with Crippen LogP contribution in [0.25, 0.3) is 0 Å². The molecule has 0 aliphatic heterocycles. The lowest BCUT2D eigenvalue weighted by Gasteiger charge is -2.20. The van der Waals surface area contributed by atoms with Crippen molar-refractivity contribution in [3.05, 3.63) is 18.2 Å². The van der Waals surface area contributed by atoms with E-state index >= 15 is 0 Å². The largest absolute Gasteiger partial charge is 0.493 e. The number of nitrogens with one attached hydrogen (secondary N) is 1. The van der Waals surface area contributed by atoms with Gasteiger partial charge in [0.05, 0.1) is 14.2 Å². The molecule has 0 fully saturated rings. The Bertz CT molecular complexity index is 433. The third kappa shape index (κ3) is 4.05. The Labute approximate surface area is 114 Å². The third-order valence-electron chi connectivity index (χ3n) is 2.72. The summed E-state index contributed by atoms with van der Waals surface area (Å²) in [6.45, 7) is 4.75. The average molecular weight is 266 g/mol. The van der Waals surface area contributed by atoms with Gasteiger partial charge in [0.1, 0.15) is 0 Å². The second-order valence-electron chi connectivity index (χ2n) is 4.68. The first-order chi connectivity index (χ1) is 8.99. The van der Waals surface area contributed by atoms with Crippen LogP contribution in [0.15, 0.2) is 18.2 Å². The molecule has 0 aliphatic rings. The number of urea groups is 1. The highest BCUT2D eigenvalue weighted by Crippen LogP contribution is 2.31. The van der Waals surface area contributed by atoms with Crippen LogP contribution in [0.4, 0.5) is 10.5 Å². The van der Waals surface area contributed by atoms with Crippen LogP contribution in [0.2, 0.25) is 0 Å². The van der Waals surface area contributed by atoms with Gasteiger partial charge < -0.3 is 14.8 Å². The molecule has 1 aromatic rings. The van der Waals surface area contributed by atoms with Crippen LogP contribution in [0.5, 0.6) is 11.5 Å². The number of carbonyl (C=O) groups excluding carboxylic acids is 1. The average Bonchev–Trinajstić information content (AvgIpc) is 2.42. The lowest BCUT2D eigenvalue weighted by molar-refractivity contribution is 0.246. The van der Waals surface area contributed by atoms with E-state index in [0.29, 0.717) is 24.0 Å². The quantitative estimate of drug-likeness (QED) is 0.891. The zero-order valence-electron chi connectivity index (χ0n) is 12.2. The molecule has 0 radical (unpaired) electrons. The summed E-state index contributed by atoms with van der Waals surface area (Å²) in [5.41, 5.74) is 0.749. The van der Waals surface area contributed by atoms with Gasteiger partial charge in [-0.05, 0) is 18.1 Å². The highest BCUT2D eigenvalue weighted by atomic mass is 16.5. The van der Waals surface area contributed by atoms with Crippen LogP contribution < -0.4 is 19.7 Å². The summed E-state index contributed by atoms with van der Waals surface area (Å²) in [5, 5.41) is 2.86. The van der Waals surface area contributed by atoms with Crippen LogP contribution in [-0.4, -0.2) is 33.8 Å². The zero-order chi connectivity index (χ0) is 14.4. The molecule has 0 aliphatic carbocycles. The van der Waals surface area contributed by atoms with Gasteiger partial charge >= 0.3 is 6.03 Å². The minimum atomic E-state index is -0.138. The molecule has 19 heavy (non-hydrogen) atoms. The molecule has 0 unspecified atom stereocenters. The molecule has 5 heteroatoms. The van der Waals surface area contributed by atoms with E-state index in [-0.39, 0.29) is 6.03 Å². The summed E-state index contributed by atoms with van der Waals surface area (Å²) in [4.78, 5) is 13.5. The first kappa shape index (κ1) is 15.1. The maximum atomic E-state index is 11.9. The van der Waals surface area contributed by atoms with Crippen LogP contribution in [-0.2, 0) is 0 Å². The van der Waals surface area contributed by atoms with Crippen molar-refractivity contribution in [1.82, 2.24) is 5.32 Å². The van der Waals surface area contributed by atoms with E-state index in [1.165, 1.54) is 0 Å². The minimum Gasteiger partial charge on any atom is -0.493 e. The fourth-order valence-corrected chi connectivity index (χ4v) is 1.56. The second kappa shape index (κ2) is 6.87. The number of benzene rings is 1. The van der Waals surface area contributed by atoms with E-state index in [9.17, 15) is 4.79 Å². The van der Waals surface area contributed by atoms with Gasteiger partial charge in [0.2, 0.25) is 0 Å². The summed E-state index contributed by atoms with van der Waals surface area (Å²) in [5.74, 6) is 1.66. The van der Waals surface area contributed by atoms with Gasteiger partial charge in [-0.3, -0.25) is 4.90 Å². The van der Waals surface area contributed by atoms with E-state index in [1.54, 1.807) is 38.3 Å². The van der Waals surface area contributed by atoms with Gasteiger partial charge in [-0.2, -0.15) is 0 Å². The van der Waals surface area contributed by atoms with Crippen molar-refractivity contribution in [2.75, 3.05) is 32.7 Å². The van der Waals surface area contributed by atoms with Crippen molar-refractivity contribution in [3.63, 3.8) is 0 Å². The van der Waals surface area contributed by atoms with Crippen molar-refractivity contribution in [1.29, 1.82) is 0 Å². The molecule has 1 rings (SSSR count). The predicted molar refractivity (Wildman–Crippen MR) is 76.2 cm³/mol. The van der Waals surface area contributed by atoms with Crippen LogP contribution in [0.1, 0.15) is 13.8 Å². The number of methoxy groups -OCH3 is 2. The Morgan fingerprint density at radius 3 is 2.42 bits per heavy atom. The number of nitrogens with zero attached hydrogens (tertiary/aromatic N) is 1. The molecule has 5 nitrogen and oxygen atoms in total. The molecule has 0 aromatic heterocycles. The van der Waals surface area contributed by atoms with Crippen molar-refractivity contribution >= 4 is 11.7 Å². The van der Waals surface area contributed by atoms with Gasteiger partial charge in [-0.1, -0.05) is 13.8 Å². The molecule has 0 bridgehead atoms. The maximum Gasteiger partial charge on any atom is 0.321 e. The predicted octanol–water partition coefficient (Wildman–Crippen LogP) is 2.51. The Hall–Kier alpha value is -1.91. The monoisotopic (exact) mass is 266 g/mol. The second-order valence-corrected chi connectivity index (χ2v) is 4.68. The summed E-state index contributed by atoms with van der Waals surface area (Å²) >= 11 is 0. The maximum absolute atomic E-state index is 11.9. The molecule has 1 N–H and O–H groups in total. The van der Waals surface area contributed by atoms with Crippen LogP contribution in [0.3, 0.4) is 0 Å². The molecule has 0 atom stereocenters. The summed E-state index contributed by atoms with van der Waals surface area (Å²) < 4.78 is 10.4. The van der Waals surface area contributed by atoms with Gasteiger partial charge in [-0.25, -0.2) is 4.79 Å². The number of amides is 2. The Balaban J connectivity index is 2.81. The lowest BCUT2D eigenvalue weighted by Crippen LogP contribution is -2.39. The molecule has 1 aromatic carbocycles. The SMILES string of the molecule is COc1ccc(N(C)C(=O)NCC(C)C)cc1OC. The molecular weight excluding hydrogens is 244 g/mol. The molecule has 0 spiro atoms. The van der Waals surface area contributed by atoms with E-state index < -0.39 is 0 Å². The smallest absolute Gasteiger partial charge is 0.321 e. The topological polar surface area (TPSA) is 50.8 Å². The van der Waals surface area contributed by atoms with E-state index in [2.05, 4.69) is 19.2 Å². The number of ether oxygens (including phenoxy) is 2. The fraction of sp³-hybridized carbons (Fsp3) is 0.500. The number of carbonyl (C=O) groups is 1. The molecule has 0 heterocycles. The Morgan fingerprint density at radius 1 is 1.26 bits per heavy atom. The fourth-order valence-electron chi connectivity index (χ4n) is 1.56. The summed E-state index contributed by atoms with van der Waals surface area (Å²) in [7, 11) is 4.87. The number of anilines is 1. The highest BCUT2D eigenvalue weighted by Gasteiger charge is 2.13.